The highest BCUT2D eigenvalue weighted by molar-refractivity contribution is 5.80. The Kier molecular flexibility index (Phi) is 5.53. The van der Waals surface area contributed by atoms with Crippen LogP contribution in [0.3, 0.4) is 0 Å². The second-order valence-electron chi connectivity index (χ2n) is 7.32. The van der Waals surface area contributed by atoms with Crippen molar-refractivity contribution < 1.29 is 0 Å². The third-order valence-corrected chi connectivity index (χ3v) is 5.32. The summed E-state index contributed by atoms with van der Waals surface area (Å²) in [6, 6.07) is 14.3. The van der Waals surface area contributed by atoms with Gasteiger partial charge in [-0.1, -0.05) is 30.3 Å². The summed E-state index contributed by atoms with van der Waals surface area (Å²) >= 11 is 0. The predicted octanol–water partition coefficient (Wildman–Crippen LogP) is 2.50. The largest absolute Gasteiger partial charge is 0.401 e. The molecule has 148 valence electrons. The van der Waals surface area contributed by atoms with Crippen molar-refractivity contribution in [3.63, 3.8) is 0 Å². The molecule has 0 aliphatic carbocycles. The van der Waals surface area contributed by atoms with Gasteiger partial charge in [-0.15, -0.1) is 0 Å². The lowest BCUT2D eigenvalue weighted by molar-refractivity contribution is 0.244. The number of aromatic nitrogens is 2. The van der Waals surface area contributed by atoms with Crippen LogP contribution in [0.5, 0.6) is 0 Å². The normalized spacial score (nSPS) is 15.1. The fraction of sp³-hybridized carbons (Fsp3) is 0.261. The maximum Gasteiger partial charge on any atom is 0.257 e. The SMILES string of the molecule is CN=CC=C(N)Cn1c(=O)c2c(c3cccnc31)CCN(Cc1ccccc1)C2. The van der Waals surface area contributed by atoms with Gasteiger partial charge in [-0.25, -0.2) is 4.98 Å². The minimum absolute atomic E-state index is 0.00579. The maximum atomic E-state index is 13.4. The number of pyridine rings is 2. The minimum atomic E-state index is -0.00579. The lowest BCUT2D eigenvalue weighted by Gasteiger charge is -2.30. The van der Waals surface area contributed by atoms with Crippen molar-refractivity contribution >= 4 is 17.2 Å². The fourth-order valence-electron chi connectivity index (χ4n) is 3.95. The van der Waals surface area contributed by atoms with E-state index in [1.165, 1.54) is 5.56 Å². The molecule has 2 N–H and O–H groups in total. The first-order valence-corrected chi connectivity index (χ1v) is 9.79. The molecule has 0 atom stereocenters. The van der Waals surface area contributed by atoms with Gasteiger partial charge in [-0.2, -0.15) is 0 Å². The van der Waals surface area contributed by atoms with E-state index in [-0.39, 0.29) is 5.56 Å². The summed E-state index contributed by atoms with van der Waals surface area (Å²) in [5, 5.41) is 1.04. The number of nitrogens with zero attached hydrogens (tertiary/aromatic N) is 4. The molecule has 0 saturated carbocycles. The molecule has 0 bridgehead atoms. The molecule has 0 radical (unpaired) electrons. The van der Waals surface area contributed by atoms with Crippen LogP contribution in [-0.4, -0.2) is 34.3 Å². The Morgan fingerprint density at radius 2 is 2.03 bits per heavy atom. The van der Waals surface area contributed by atoms with E-state index in [1.807, 2.05) is 24.3 Å². The van der Waals surface area contributed by atoms with Gasteiger partial charge in [0.15, 0.2) is 0 Å². The highest BCUT2D eigenvalue weighted by Gasteiger charge is 2.24. The molecule has 6 nitrogen and oxygen atoms in total. The van der Waals surface area contributed by atoms with Gasteiger partial charge in [0, 0.05) is 55.7 Å². The van der Waals surface area contributed by atoms with E-state index in [9.17, 15) is 4.79 Å². The van der Waals surface area contributed by atoms with Crippen molar-refractivity contribution in [3.8, 4) is 0 Å². The van der Waals surface area contributed by atoms with Gasteiger partial charge in [0.2, 0.25) is 0 Å². The molecule has 4 rings (SSSR count). The van der Waals surface area contributed by atoms with E-state index in [2.05, 4.69) is 33.1 Å². The Bertz CT molecular complexity index is 1130. The number of hydrogen-bond donors (Lipinski definition) is 1. The van der Waals surface area contributed by atoms with Crippen molar-refractivity contribution in [1.82, 2.24) is 14.5 Å². The van der Waals surface area contributed by atoms with E-state index in [4.69, 9.17) is 5.73 Å². The number of hydrogen-bond acceptors (Lipinski definition) is 5. The minimum Gasteiger partial charge on any atom is -0.401 e. The zero-order valence-corrected chi connectivity index (χ0v) is 16.6. The zero-order valence-electron chi connectivity index (χ0n) is 16.6. The molecule has 0 unspecified atom stereocenters. The summed E-state index contributed by atoms with van der Waals surface area (Å²) in [6.45, 7) is 2.68. The van der Waals surface area contributed by atoms with Crippen LogP contribution in [-0.2, 0) is 26.1 Å². The van der Waals surface area contributed by atoms with Gasteiger partial charge in [0.05, 0.1) is 6.54 Å². The van der Waals surface area contributed by atoms with Crippen LogP contribution >= 0.6 is 0 Å². The lowest BCUT2D eigenvalue weighted by Crippen LogP contribution is -2.37. The monoisotopic (exact) mass is 387 g/mol. The maximum absolute atomic E-state index is 13.4. The highest BCUT2D eigenvalue weighted by atomic mass is 16.1. The van der Waals surface area contributed by atoms with Crippen LogP contribution in [0.25, 0.3) is 11.0 Å². The molecule has 29 heavy (non-hydrogen) atoms. The molecular weight excluding hydrogens is 362 g/mol. The summed E-state index contributed by atoms with van der Waals surface area (Å²) in [6.07, 6.45) is 5.93. The molecule has 3 aromatic rings. The lowest BCUT2D eigenvalue weighted by atomic mass is 9.97. The molecule has 1 aromatic carbocycles. The van der Waals surface area contributed by atoms with E-state index in [1.54, 1.807) is 30.1 Å². The average molecular weight is 387 g/mol. The van der Waals surface area contributed by atoms with Crippen molar-refractivity contribution in [2.75, 3.05) is 13.6 Å². The first-order chi connectivity index (χ1) is 14.2. The van der Waals surface area contributed by atoms with Crippen molar-refractivity contribution in [2.24, 2.45) is 10.7 Å². The van der Waals surface area contributed by atoms with Crippen LogP contribution < -0.4 is 11.3 Å². The molecule has 1 aliphatic heterocycles. The Morgan fingerprint density at radius 3 is 2.83 bits per heavy atom. The molecule has 0 fully saturated rings. The summed E-state index contributed by atoms with van der Waals surface area (Å²) < 4.78 is 1.69. The topological polar surface area (TPSA) is 76.5 Å². The van der Waals surface area contributed by atoms with Gasteiger partial charge < -0.3 is 5.73 Å². The molecule has 2 aromatic heterocycles. The second-order valence-corrected chi connectivity index (χ2v) is 7.32. The summed E-state index contributed by atoms with van der Waals surface area (Å²) in [5.41, 5.74) is 10.6. The first-order valence-electron chi connectivity index (χ1n) is 9.79. The number of aliphatic imine (C=N–C) groups is 1. The van der Waals surface area contributed by atoms with Gasteiger partial charge in [-0.05, 0) is 35.8 Å². The summed E-state index contributed by atoms with van der Waals surface area (Å²) in [5.74, 6) is 0. The molecule has 6 heteroatoms. The van der Waals surface area contributed by atoms with Crippen molar-refractivity contribution in [2.45, 2.75) is 26.1 Å². The second kappa shape index (κ2) is 8.41. The van der Waals surface area contributed by atoms with E-state index in [0.717, 1.165) is 36.0 Å². The smallest absolute Gasteiger partial charge is 0.257 e. The Morgan fingerprint density at radius 1 is 1.21 bits per heavy atom. The van der Waals surface area contributed by atoms with E-state index in [0.29, 0.717) is 24.4 Å². The zero-order chi connectivity index (χ0) is 20.2. The van der Waals surface area contributed by atoms with Crippen LogP contribution in [0.2, 0.25) is 0 Å². The molecule has 3 heterocycles. The summed E-state index contributed by atoms with van der Waals surface area (Å²) in [4.78, 5) is 24.2. The van der Waals surface area contributed by atoms with E-state index < -0.39 is 0 Å². The molecule has 0 spiro atoms. The van der Waals surface area contributed by atoms with Gasteiger partial charge in [-0.3, -0.25) is 19.3 Å². The van der Waals surface area contributed by atoms with Crippen LogP contribution in [0.1, 0.15) is 16.7 Å². The standard InChI is InChI=1S/C23H25N5O/c1-25-12-9-18(24)15-28-22-20(8-5-11-26-22)19-10-13-27(16-21(19)23(28)29)14-17-6-3-2-4-7-17/h2-9,11-12H,10,13-16,24H2,1H3. The number of rotatable bonds is 5. The predicted molar refractivity (Wildman–Crippen MR) is 117 cm³/mol. The average Bonchev–Trinajstić information content (AvgIpc) is 2.76. The molecule has 0 amide bonds. The van der Waals surface area contributed by atoms with Crippen molar-refractivity contribution in [1.29, 1.82) is 0 Å². The van der Waals surface area contributed by atoms with Crippen LogP contribution in [0.4, 0.5) is 0 Å². The fourth-order valence-corrected chi connectivity index (χ4v) is 3.95. The Hall–Kier alpha value is -3.25. The number of allylic oxidation sites excluding steroid dienone is 2. The van der Waals surface area contributed by atoms with Gasteiger partial charge in [0.25, 0.3) is 5.56 Å². The number of benzene rings is 1. The number of fused-ring (bicyclic) bond motifs is 3. The van der Waals surface area contributed by atoms with Gasteiger partial charge in [0.1, 0.15) is 5.65 Å². The number of nitrogens with two attached hydrogens (primary N) is 1. The quantitative estimate of drug-likeness (QED) is 0.683. The molecular formula is C23H25N5O. The first kappa shape index (κ1) is 19.1. The van der Waals surface area contributed by atoms with E-state index >= 15 is 0 Å². The van der Waals surface area contributed by atoms with Crippen LogP contribution in [0.15, 0.2) is 70.2 Å². The summed E-state index contributed by atoms with van der Waals surface area (Å²) in [7, 11) is 1.69. The third-order valence-electron chi connectivity index (χ3n) is 5.32. The Labute approximate surface area is 170 Å². The third kappa shape index (κ3) is 3.98. The molecule has 1 aliphatic rings. The highest BCUT2D eigenvalue weighted by Crippen LogP contribution is 2.25. The van der Waals surface area contributed by atoms with Crippen molar-refractivity contribution in [3.05, 3.63) is 87.5 Å². The van der Waals surface area contributed by atoms with Gasteiger partial charge >= 0.3 is 0 Å². The van der Waals surface area contributed by atoms with Crippen LogP contribution in [0, 0.1) is 0 Å². The Balaban J connectivity index is 1.74. The molecule has 0 saturated heterocycles.